The minimum absolute atomic E-state index is 0.0427. The third kappa shape index (κ3) is 3.56. The van der Waals surface area contributed by atoms with Gasteiger partial charge in [-0.3, -0.25) is 14.7 Å². The molecule has 0 aliphatic carbocycles. The van der Waals surface area contributed by atoms with Gasteiger partial charge >= 0.3 is 0 Å². The van der Waals surface area contributed by atoms with E-state index >= 15 is 0 Å². The molecule has 1 aromatic carbocycles. The number of amides is 2. The van der Waals surface area contributed by atoms with Crippen molar-refractivity contribution in [1.29, 1.82) is 0 Å². The maximum atomic E-state index is 12.5. The number of hydrogen-bond donors (Lipinski definition) is 3. The number of likely N-dealkylation sites (tertiary alicyclic amines) is 1. The van der Waals surface area contributed by atoms with Gasteiger partial charge in [-0.05, 0) is 31.9 Å². The first kappa shape index (κ1) is 16.0. The Bertz CT molecular complexity index is 730. The summed E-state index contributed by atoms with van der Waals surface area (Å²) in [5.74, 6) is 0.113. The Balaban J connectivity index is 1.53. The summed E-state index contributed by atoms with van der Waals surface area (Å²) in [4.78, 5) is 26.4. The quantitative estimate of drug-likeness (QED) is 0.791. The van der Waals surface area contributed by atoms with Crippen LogP contribution >= 0.6 is 0 Å². The lowest BCUT2D eigenvalue weighted by Gasteiger charge is -2.32. The summed E-state index contributed by atoms with van der Waals surface area (Å²) < 4.78 is 0. The van der Waals surface area contributed by atoms with Crippen LogP contribution in [0.25, 0.3) is 0 Å². The fourth-order valence-corrected chi connectivity index (χ4v) is 2.82. The molecule has 2 heterocycles. The number of nitrogens with two attached hydrogens (primary N) is 1. The predicted molar refractivity (Wildman–Crippen MR) is 90.6 cm³/mol. The number of carbonyl (C=O) groups excluding carboxylic acids is 2. The lowest BCUT2D eigenvalue weighted by atomic mass is 10.0. The van der Waals surface area contributed by atoms with Gasteiger partial charge in [-0.1, -0.05) is 17.7 Å². The molecule has 1 aromatic heterocycles. The zero-order chi connectivity index (χ0) is 17.1. The fourth-order valence-electron chi connectivity index (χ4n) is 2.82. The molecule has 1 saturated heterocycles. The highest BCUT2D eigenvalue weighted by Crippen LogP contribution is 2.15. The van der Waals surface area contributed by atoms with Gasteiger partial charge in [0, 0.05) is 30.8 Å². The molecule has 0 atom stereocenters. The van der Waals surface area contributed by atoms with Crippen LogP contribution in [0.2, 0.25) is 0 Å². The molecule has 0 saturated carbocycles. The molecule has 126 valence electrons. The SMILES string of the molecule is Cc1ccc(C(=O)N2CCC(NC(=O)c3cc(N)n[nH]3)CC2)cc1. The summed E-state index contributed by atoms with van der Waals surface area (Å²) >= 11 is 0. The molecule has 0 unspecified atom stereocenters. The van der Waals surface area contributed by atoms with Crippen LogP contribution in [0.4, 0.5) is 5.82 Å². The summed E-state index contributed by atoms with van der Waals surface area (Å²) in [6, 6.07) is 9.14. The molecular weight excluding hydrogens is 306 g/mol. The van der Waals surface area contributed by atoms with E-state index in [2.05, 4.69) is 15.5 Å². The first-order chi connectivity index (χ1) is 11.5. The normalized spacial score (nSPS) is 15.3. The first-order valence-corrected chi connectivity index (χ1v) is 8.00. The fraction of sp³-hybridized carbons (Fsp3) is 0.353. The second kappa shape index (κ2) is 6.74. The van der Waals surface area contributed by atoms with Gasteiger partial charge in [-0.2, -0.15) is 5.10 Å². The number of nitrogens with one attached hydrogen (secondary N) is 2. The van der Waals surface area contributed by atoms with E-state index in [0.717, 1.165) is 18.4 Å². The van der Waals surface area contributed by atoms with Crippen LogP contribution in [-0.2, 0) is 0 Å². The van der Waals surface area contributed by atoms with Crippen molar-refractivity contribution in [2.45, 2.75) is 25.8 Å². The second-order valence-electron chi connectivity index (χ2n) is 6.11. The smallest absolute Gasteiger partial charge is 0.269 e. The maximum absolute atomic E-state index is 12.5. The van der Waals surface area contributed by atoms with E-state index in [0.29, 0.717) is 30.2 Å². The molecule has 4 N–H and O–H groups in total. The number of piperidine rings is 1. The van der Waals surface area contributed by atoms with Gasteiger partial charge in [0.2, 0.25) is 0 Å². The van der Waals surface area contributed by atoms with Crippen LogP contribution in [0, 0.1) is 6.92 Å². The highest BCUT2D eigenvalue weighted by atomic mass is 16.2. The molecule has 24 heavy (non-hydrogen) atoms. The molecule has 0 radical (unpaired) electrons. The predicted octanol–water partition coefficient (Wildman–Crippen LogP) is 1.33. The van der Waals surface area contributed by atoms with Crippen molar-refractivity contribution in [3.8, 4) is 0 Å². The van der Waals surface area contributed by atoms with Gasteiger partial charge in [0.1, 0.15) is 11.5 Å². The molecule has 7 heteroatoms. The molecule has 0 bridgehead atoms. The third-order valence-corrected chi connectivity index (χ3v) is 4.26. The summed E-state index contributed by atoms with van der Waals surface area (Å²) in [5, 5.41) is 9.29. The minimum Gasteiger partial charge on any atom is -0.382 e. The van der Waals surface area contributed by atoms with E-state index in [9.17, 15) is 9.59 Å². The van der Waals surface area contributed by atoms with E-state index in [4.69, 9.17) is 5.73 Å². The van der Waals surface area contributed by atoms with Crippen LogP contribution in [0.15, 0.2) is 30.3 Å². The van der Waals surface area contributed by atoms with Crippen molar-refractivity contribution in [3.05, 3.63) is 47.2 Å². The number of aryl methyl sites for hydroxylation is 1. The molecule has 3 rings (SSSR count). The Kier molecular flexibility index (Phi) is 4.50. The van der Waals surface area contributed by atoms with Gasteiger partial charge in [0.05, 0.1) is 0 Å². The van der Waals surface area contributed by atoms with Crippen LogP contribution in [0.5, 0.6) is 0 Å². The number of benzene rings is 1. The van der Waals surface area contributed by atoms with E-state index in [1.54, 1.807) is 0 Å². The first-order valence-electron chi connectivity index (χ1n) is 8.00. The van der Waals surface area contributed by atoms with Gasteiger partial charge in [-0.15, -0.1) is 0 Å². The molecular formula is C17H21N5O2. The highest BCUT2D eigenvalue weighted by Gasteiger charge is 2.25. The van der Waals surface area contributed by atoms with Gasteiger partial charge in [0.15, 0.2) is 0 Å². The van der Waals surface area contributed by atoms with Crippen molar-refractivity contribution in [3.63, 3.8) is 0 Å². The third-order valence-electron chi connectivity index (χ3n) is 4.26. The van der Waals surface area contributed by atoms with Crippen LogP contribution in [0.3, 0.4) is 0 Å². The van der Waals surface area contributed by atoms with E-state index in [-0.39, 0.29) is 17.9 Å². The highest BCUT2D eigenvalue weighted by molar-refractivity contribution is 5.94. The molecule has 0 spiro atoms. The molecule has 2 aromatic rings. The van der Waals surface area contributed by atoms with Crippen molar-refractivity contribution in [2.75, 3.05) is 18.8 Å². The van der Waals surface area contributed by atoms with Crippen LogP contribution in [-0.4, -0.2) is 46.0 Å². The van der Waals surface area contributed by atoms with Gasteiger partial charge in [0.25, 0.3) is 11.8 Å². The van der Waals surface area contributed by atoms with Crippen molar-refractivity contribution < 1.29 is 9.59 Å². The molecule has 2 amide bonds. The monoisotopic (exact) mass is 327 g/mol. The van der Waals surface area contributed by atoms with E-state index in [1.165, 1.54) is 6.07 Å². The molecule has 1 fully saturated rings. The average molecular weight is 327 g/mol. The van der Waals surface area contributed by atoms with Crippen molar-refractivity contribution in [2.24, 2.45) is 0 Å². The number of aromatic nitrogens is 2. The topological polar surface area (TPSA) is 104 Å². The van der Waals surface area contributed by atoms with Crippen molar-refractivity contribution in [1.82, 2.24) is 20.4 Å². The zero-order valence-corrected chi connectivity index (χ0v) is 13.6. The summed E-state index contributed by atoms with van der Waals surface area (Å²) in [6.07, 6.45) is 1.46. The lowest BCUT2D eigenvalue weighted by molar-refractivity contribution is 0.0697. The minimum atomic E-state index is -0.220. The van der Waals surface area contributed by atoms with E-state index in [1.807, 2.05) is 36.1 Å². The Morgan fingerprint density at radius 3 is 2.50 bits per heavy atom. The number of anilines is 1. The number of H-pyrrole nitrogens is 1. The maximum Gasteiger partial charge on any atom is 0.269 e. The molecule has 1 aliphatic rings. The summed E-state index contributed by atoms with van der Waals surface area (Å²) in [7, 11) is 0. The summed E-state index contributed by atoms with van der Waals surface area (Å²) in [6.45, 7) is 3.25. The Hall–Kier alpha value is -2.83. The number of carbonyl (C=O) groups is 2. The number of hydrogen-bond acceptors (Lipinski definition) is 4. The standard InChI is InChI=1S/C17H21N5O2/c1-11-2-4-12(5-3-11)17(24)22-8-6-13(7-9-22)19-16(23)14-10-15(18)21-20-14/h2-5,10,13H,6-9H2,1H3,(H,19,23)(H3,18,20,21). The number of rotatable bonds is 3. The Morgan fingerprint density at radius 2 is 1.92 bits per heavy atom. The number of aromatic amines is 1. The molecule has 7 nitrogen and oxygen atoms in total. The zero-order valence-electron chi connectivity index (χ0n) is 13.6. The molecule has 1 aliphatic heterocycles. The Morgan fingerprint density at radius 1 is 1.25 bits per heavy atom. The van der Waals surface area contributed by atoms with Crippen molar-refractivity contribution >= 4 is 17.6 Å². The lowest BCUT2D eigenvalue weighted by Crippen LogP contribution is -2.46. The largest absolute Gasteiger partial charge is 0.382 e. The van der Waals surface area contributed by atoms with E-state index < -0.39 is 0 Å². The average Bonchev–Trinajstić information content (AvgIpc) is 3.02. The Labute approximate surface area is 140 Å². The van der Waals surface area contributed by atoms with Crippen LogP contribution in [0.1, 0.15) is 39.3 Å². The van der Waals surface area contributed by atoms with Gasteiger partial charge < -0.3 is 16.0 Å². The van der Waals surface area contributed by atoms with Gasteiger partial charge in [-0.25, -0.2) is 0 Å². The number of nitrogens with zero attached hydrogens (tertiary/aromatic N) is 2. The second-order valence-corrected chi connectivity index (χ2v) is 6.11. The van der Waals surface area contributed by atoms with Crippen LogP contribution < -0.4 is 11.1 Å². The summed E-state index contributed by atoms with van der Waals surface area (Å²) in [5.41, 5.74) is 7.69. The number of nitrogen functional groups attached to an aromatic ring is 1.